The first-order valence-electron chi connectivity index (χ1n) is 8.67. The Balaban J connectivity index is 1.52. The summed E-state index contributed by atoms with van der Waals surface area (Å²) in [7, 11) is 0. The van der Waals surface area contributed by atoms with Crippen molar-refractivity contribution in [2.24, 2.45) is 0 Å². The van der Waals surface area contributed by atoms with Crippen LogP contribution in [0.25, 0.3) is 0 Å². The summed E-state index contributed by atoms with van der Waals surface area (Å²) in [6.07, 6.45) is 6.22. The number of rotatable bonds is 3. The van der Waals surface area contributed by atoms with Crippen LogP contribution >= 0.6 is 23.5 Å². The fourth-order valence-electron chi connectivity index (χ4n) is 3.09. The van der Waals surface area contributed by atoms with Gasteiger partial charge in [-0.05, 0) is 49.3 Å². The Morgan fingerprint density at radius 3 is 2.54 bits per heavy atom. The van der Waals surface area contributed by atoms with Crippen molar-refractivity contribution in [3.63, 3.8) is 0 Å². The molecule has 4 nitrogen and oxygen atoms in total. The maximum Gasteiger partial charge on any atom is 0.313 e. The topological polar surface area (TPSA) is 49.4 Å². The van der Waals surface area contributed by atoms with Crippen LogP contribution in [0.1, 0.15) is 32.1 Å². The molecule has 0 spiro atoms. The van der Waals surface area contributed by atoms with E-state index in [2.05, 4.69) is 5.32 Å². The molecule has 1 aromatic carbocycles. The molecule has 24 heavy (non-hydrogen) atoms. The first kappa shape index (κ1) is 17.7. The summed E-state index contributed by atoms with van der Waals surface area (Å²) < 4.78 is 0. The second-order valence-electron chi connectivity index (χ2n) is 6.26. The smallest absolute Gasteiger partial charge is 0.313 e. The van der Waals surface area contributed by atoms with Crippen molar-refractivity contribution in [2.75, 3.05) is 29.9 Å². The summed E-state index contributed by atoms with van der Waals surface area (Å²) in [5.41, 5.74) is 0.688. The molecular formula is C18H24N2O2S2. The van der Waals surface area contributed by atoms with E-state index in [1.807, 2.05) is 47.8 Å². The first-order chi connectivity index (χ1) is 11.7. The molecule has 0 unspecified atom stereocenters. The minimum atomic E-state index is -0.530. The minimum Gasteiger partial charge on any atom is -0.334 e. The third-order valence-electron chi connectivity index (χ3n) is 4.42. The minimum absolute atomic E-state index is 0.415. The molecule has 1 aliphatic carbocycles. The molecule has 0 radical (unpaired) electrons. The van der Waals surface area contributed by atoms with E-state index in [1.54, 1.807) is 4.90 Å². The Hall–Kier alpha value is -1.14. The van der Waals surface area contributed by atoms with Crippen molar-refractivity contribution >= 4 is 41.0 Å². The van der Waals surface area contributed by atoms with Crippen LogP contribution < -0.4 is 5.32 Å². The van der Waals surface area contributed by atoms with Gasteiger partial charge in [-0.15, -0.1) is 11.8 Å². The number of hydrogen-bond acceptors (Lipinski definition) is 4. The summed E-state index contributed by atoms with van der Waals surface area (Å²) in [6, 6.07) is 7.85. The summed E-state index contributed by atoms with van der Waals surface area (Å²) >= 11 is 3.76. The molecule has 2 amide bonds. The maximum atomic E-state index is 12.3. The third kappa shape index (κ3) is 4.93. The van der Waals surface area contributed by atoms with Crippen LogP contribution in [0.3, 0.4) is 0 Å². The lowest BCUT2D eigenvalue weighted by atomic mass is 10.3. The summed E-state index contributed by atoms with van der Waals surface area (Å²) in [4.78, 5) is 27.3. The van der Waals surface area contributed by atoms with Gasteiger partial charge in [0.05, 0.1) is 0 Å². The number of nitrogens with zero attached hydrogens (tertiary/aromatic N) is 1. The predicted molar refractivity (Wildman–Crippen MR) is 102 cm³/mol. The Morgan fingerprint density at radius 2 is 1.79 bits per heavy atom. The quantitative estimate of drug-likeness (QED) is 0.832. The van der Waals surface area contributed by atoms with Gasteiger partial charge in [-0.1, -0.05) is 12.8 Å². The zero-order chi connectivity index (χ0) is 16.8. The SMILES string of the molecule is O=C(Nc1ccc(SC2CCCC2)cc1)C(=O)N1CCCSCC1. The van der Waals surface area contributed by atoms with Gasteiger partial charge >= 0.3 is 11.8 Å². The number of benzene rings is 1. The van der Waals surface area contributed by atoms with E-state index in [4.69, 9.17) is 0 Å². The first-order valence-corrected chi connectivity index (χ1v) is 10.7. The lowest BCUT2D eigenvalue weighted by molar-refractivity contribution is -0.142. The molecule has 2 aliphatic rings. The van der Waals surface area contributed by atoms with Crippen LogP contribution in [0, 0.1) is 0 Å². The van der Waals surface area contributed by atoms with Gasteiger partial charge in [-0.25, -0.2) is 0 Å². The molecule has 1 N–H and O–H groups in total. The second kappa shape index (κ2) is 8.81. The normalized spacial score (nSPS) is 19.1. The maximum absolute atomic E-state index is 12.3. The molecule has 1 saturated heterocycles. The van der Waals surface area contributed by atoms with Crippen molar-refractivity contribution < 1.29 is 9.59 Å². The number of anilines is 1. The van der Waals surface area contributed by atoms with E-state index >= 15 is 0 Å². The van der Waals surface area contributed by atoms with Gasteiger partial charge < -0.3 is 10.2 Å². The van der Waals surface area contributed by atoms with E-state index in [-0.39, 0.29) is 0 Å². The van der Waals surface area contributed by atoms with E-state index in [9.17, 15) is 9.59 Å². The molecule has 1 aliphatic heterocycles. The Kier molecular flexibility index (Phi) is 6.49. The van der Waals surface area contributed by atoms with Crippen LogP contribution in [0.15, 0.2) is 29.2 Å². The lowest BCUT2D eigenvalue weighted by Gasteiger charge is -2.19. The molecule has 1 aromatic rings. The van der Waals surface area contributed by atoms with Gasteiger partial charge in [0.25, 0.3) is 0 Å². The summed E-state index contributed by atoms with van der Waals surface area (Å²) in [5, 5.41) is 3.46. The Labute approximate surface area is 152 Å². The van der Waals surface area contributed by atoms with E-state index in [1.165, 1.54) is 30.6 Å². The van der Waals surface area contributed by atoms with Crippen molar-refractivity contribution in [3.8, 4) is 0 Å². The van der Waals surface area contributed by atoms with Crippen LogP contribution in [-0.4, -0.2) is 46.6 Å². The zero-order valence-corrected chi connectivity index (χ0v) is 15.5. The molecule has 2 fully saturated rings. The van der Waals surface area contributed by atoms with E-state index < -0.39 is 11.8 Å². The van der Waals surface area contributed by atoms with Gasteiger partial charge in [0.2, 0.25) is 0 Å². The highest BCUT2D eigenvalue weighted by atomic mass is 32.2. The Morgan fingerprint density at radius 1 is 1.04 bits per heavy atom. The van der Waals surface area contributed by atoms with Crippen LogP contribution in [0.4, 0.5) is 5.69 Å². The molecular weight excluding hydrogens is 340 g/mol. The van der Waals surface area contributed by atoms with Crippen molar-refractivity contribution in [1.82, 2.24) is 4.90 Å². The molecule has 3 rings (SSSR count). The lowest BCUT2D eigenvalue weighted by Crippen LogP contribution is -2.40. The fourth-order valence-corrected chi connectivity index (χ4v) is 5.23. The van der Waals surface area contributed by atoms with E-state index in [0.29, 0.717) is 18.8 Å². The molecule has 0 aromatic heterocycles. The Bertz CT molecular complexity index is 563. The van der Waals surface area contributed by atoms with Gasteiger partial charge in [-0.2, -0.15) is 11.8 Å². The molecule has 1 saturated carbocycles. The van der Waals surface area contributed by atoms with Gasteiger partial charge in [0, 0.05) is 34.7 Å². The summed E-state index contributed by atoms with van der Waals surface area (Å²) in [5.74, 6) is 1.03. The molecule has 6 heteroatoms. The number of nitrogens with one attached hydrogen (secondary N) is 1. The molecule has 0 bridgehead atoms. The average molecular weight is 365 g/mol. The molecule has 1 heterocycles. The average Bonchev–Trinajstić information content (AvgIpc) is 2.95. The second-order valence-corrected chi connectivity index (χ2v) is 8.86. The monoisotopic (exact) mass is 364 g/mol. The number of hydrogen-bond donors (Lipinski definition) is 1. The predicted octanol–water partition coefficient (Wildman–Crippen LogP) is 3.63. The van der Waals surface area contributed by atoms with E-state index in [0.717, 1.165) is 23.2 Å². The van der Waals surface area contributed by atoms with Crippen LogP contribution in [-0.2, 0) is 9.59 Å². The number of amides is 2. The molecule has 0 atom stereocenters. The largest absolute Gasteiger partial charge is 0.334 e. The standard InChI is InChI=1S/C18H24N2O2S2/c21-17(18(22)20-10-3-12-23-13-11-20)19-14-6-8-16(9-7-14)24-15-4-1-2-5-15/h6-9,15H,1-5,10-13H2,(H,19,21). The third-order valence-corrected chi connectivity index (χ3v) is 6.82. The zero-order valence-electron chi connectivity index (χ0n) is 13.8. The number of thioether (sulfide) groups is 2. The highest BCUT2D eigenvalue weighted by Gasteiger charge is 2.23. The van der Waals surface area contributed by atoms with Crippen molar-refractivity contribution in [2.45, 2.75) is 42.2 Å². The van der Waals surface area contributed by atoms with Gasteiger partial charge in [-0.3, -0.25) is 9.59 Å². The number of carbonyl (C=O) groups is 2. The highest BCUT2D eigenvalue weighted by Crippen LogP contribution is 2.34. The fraction of sp³-hybridized carbons (Fsp3) is 0.556. The molecule has 130 valence electrons. The van der Waals surface area contributed by atoms with Gasteiger partial charge in [0.15, 0.2) is 0 Å². The highest BCUT2D eigenvalue weighted by molar-refractivity contribution is 8.00. The van der Waals surface area contributed by atoms with Crippen molar-refractivity contribution in [3.05, 3.63) is 24.3 Å². The number of carbonyl (C=O) groups excluding carboxylic acids is 2. The van der Waals surface area contributed by atoms with Crippen LogP contribution in [0.2, 0.25) is 0 Å². The summed E-state index contributed by atoms with van der Waals surface area (Å²) in [6.45, 7) is 1.34. The van der Waals surface area contributed by atoms with Crippen molar-refractivity contribution in [1.29, 1.82) is 0 Å². The van der Waals surface area contributed by atoms with Crippen LogP contribution in [0.5, 0.6) is 0 Å². The van der Waals surface area contributed by atoms with Gasteiger partial charge in [0.1, 0.15) is 0 Å².